The van der Waals surface area contributed by atoms with Crippen LogP contribution < -0.4 is 0 Å². The van der Waals surface area contributed by atoms with Crippen molar-refractivity contribution >= 4 is 5.91 Å². The average molecular weight is 375 g/mol. The molecule has 0 aliphatic carbocycles. The van der Waals surface area contributed by atoms with Gasteiger partial charge in [-0.1, -0.05) is 47.6 Å². The summed E-state index contributed by atoms with van der Waals surface area (Å²) >= 11 is 0. The van der Waals surface area contributed by atoms with E-state index in [0.29, 0.717) is 12.3 Å². The third-order valence-electron chi connectivity index (χ3n) is 5.63. The Morgan fingerprint density at radius 1 is 1.04 bits per heavy atom. The van der Waals surface area contributed by atoms with Crippen LogP contribution in [-0.4, -0.2) is 34.0 Å². The van der Waals surface area contributed by atoms with Crippen LogP contribution in [0.2, 0.25) is 0 Å². The molecule has 1 aliphatic heterocycles. The van der Waals surface area contributed by atoms with Crippen molar-refractivity contribution in [1.82, 2.24) is 15.0 Å². The molecule has 0 unspecified atom stereocenters. The van der Waals surface area contributed by atoms with Gasteiger partial charge in [0, 0.05) is 24.6 Å². The number of carbonyl (C=O) groups excluding carboxylic acids is 1. The zero-order valence-electron chi connectivity index (χ0n) is 16.4. The first-order valence-electron chi connectivity index (χ1n) is 9.83. The minimum absolute atomic E-state index is 0.196. The van der Waals surface area contributed by atoms with Crippen molar-refractivity contribution in [3.63, 3.8) is 0 Å². The van der Waals surface area contributed by atoms with E-state index in [9.17, 15) is 4.79 Å². The minimum atomic E-state index is 0.196. The Labute approximate surface area is 165 Å². The molecule has 144 valence electrons. The number of piperidine rings is 1. The van der Waals surface area contributed by atoms with Gasteiger partial charge in [0.05, 0.1) is 6.42 Å². The lowest BCUT2D eigenvalue weighted by molar-refractivity contribution is -0.131. The topological polar surface area (TPSA) is 59.2 Å². The Morgan fingerprint density at radius 2 is 1.71 bits per heavy atom. The van der Waals surface area contributed by atoms with Crippen molar-refractivity contribution in [3.8, 4) is 11.5 Å². The van der Waals surface area contributed by atoms with E-state index in [1.165, 1.54) is 5.56 Å². The van der Waals surface area contributed by atoms with Gasteiger partial charge in [-0.05, 0) is 49.4 Å². The number of benzene rings is 2. The number of aromatic nitrogens is 2. The van der Waals surface area contributed by atoms with Crippen LogP contribution in [0.4, 0.5) is 0 Å². The summed E-state index contributed by atoms with van der Waals surface area (Å²) in [6.45, 7) is 5.57. The molecule has 5 heteroatoms. The molecule has 1 aliphatic rings. The molecule has 0 bridgehead atoms. The van der Waals surface area contributed by atoms with E-state index in [0.717, 1.165) is 48.4 Å². The van der Waals surface area contributed by atoms with E-state index in [2.05, 4.69) is 23.1 Å². The summed E-state index contributed by atoms with van der Waals surface area (Å²) < 4.78 is 5.51. The van der Waals surface area contributed by atoms with Crippen LogP contribution in [0.3, 0.4) is 0 Å². The summed E-state index contributed by atoms with van der Waals surface area (Å²) in [7, 11) is 0. The maximum atomic E-state index is 12.7. The number of carbonyl (C=O) groups is 1. The number of hydrogen-bond acceptors (Lipinski definition) is 4. The fourth-order valence-electron chi connectivity index (χ4n) is 3.79. The molecule has 1 amide bonds. The van der Waals surface area contributed by atoms with Crippen LogP contribution in [0.1, 0.15) is 41.3 Å². The van der Waals surface area contributed by atoms with E-state index < -0.39 is 0 Å². The molecule has 0 spiro atoms. The highest BCUT2D eigenvalue weighted by atomic mass is 16.5. The number of nitrogens with zero attached hydrogens (tertiary/aromatic N) is 3. The van der Waals surface area contributed by atoms with Crippen LogP contribution in [-0.2, 0) is 11.2 Å². The van der Waals surface area contributed by atoms with Crippen LogP contribution in [0, 0.1) is 13.8 Å². The summed E-state index contributed by atoms with van der Waals surface area (Å²) in [5, 5.41) is 4.22. The van der Waals surface area contributed by atoms with Gasteiger partial charge in [0.15, 0.2) is 5.82 Å². The average Bonchev–Trinajstić information content (AvgIpc) is 3.20. The molecule has 1 aromatic heterocycles. The molecule has 0 radical (unpaired) electrons. The number of hydrogen-bond donors (Lipinski definition) is 0. The minimum Gasteiger partial charge on any atom is -0.342 e. The molecule has 5 nitrogen and oxygen atoms in total. The quantitative estimate of drug-likeness (QED) is 0.682. The van der Waals surface area contributed by atoms with E-state index in [-0.39, 0.29) is 11.8 Å². The third kappa shape index (κ3) is 3.84. The van der Waals surface area contributed by atoms with Crippen molar-refractivity contribution in [1.29, 1.82) is 0 Å². The predicted octanol–water partition coefficient (Wildman–Crippen LogP) is 4.30. The zero-order valence-corrected chi connectivity index (χ0v) is 16.4. The van der Waals surface area contributed by atoms with E-state index in [1.807, 2.05) is 54.3 Å². The van der Waals surface area contributed by atoms with Crippen LogP contribution in [0.25, 0.3) is 11.5 Å². The Hall–Kier alpha value is -2.95. The normalized spacial score (nSPS) is 15.0. The zero-order chi connectivity index (χ0) is 19.5. The largest absolute Gasteiger partial charge is 0.342 e. The summed E-state index contributed by atoms with van der Waals surface area (Å²) in [5.74, 6) is 1.76. The first kappa shape index (κ1) is 18.4. The Kier molecular flexibility index (Phi) is 5.24. The Balaban J connectivity index is 1.37. The van der Waals surface area contributed by atoms with Gasteiger partial charge in [-0.25, -0.2) is 0 Å². The fourth-order valence-corrected chi connectivity index (χ4v) is 3.79. The van der Waals surface area contributed by atoms with Crippen molar-refractivity contribution in [2.45, 2.75) is 39.0 Å². The van der Waals surface area contributed by atoms with Crippen LogP contribution >= 0.6 is 0 Å². The van der Waals surface area contributed by atoms with Gasteiger partial charge >= 0.3 is 0 Å². The number of rotatable bonds is 4. The van der Waals surface area contributed by atoms with Crippen LogP contribution in [0.15, 0.2) is 53.1 Å². The van der Waals surface area contributed by atoms with Gasteiger partial charge in [-0.15, -0.1) is 0 Å². The highest BCUT2D eigenvalue weighted by molar-refractivity contribution is 5.79. The molecule has 1 fully saturated rings. The molecule has 0 saturated carbocycles. The first-order chi connectivity index (χ1) is 13.6. The maximum absolute atomic E-state index is 12.7. The van der Waals surface area contributed by atoms with Gasteiger partial charge in [0.25, 0.3) is 5.89 Å². The molecular formula is C23H25N3O2. The molecule has 28 heavy (non-hydrogen) atoms. The van der Waals surface area contributed by atoms with Gasteiger partial charge < -0.3 is 9.42 Å². The van der Waals surface area contributed by atoms with Gasteiger partial charge in [-0.3, -0.25) is 4.79 Å². The highest BCUT2D eigenvalue weighted by Crippen LogP contribution is 2.29. The van der Waals surface area contributed by atoms with Crippen molar-refractivity contribution in [3.05, 3.63) is 71.0 Å². The van der Waals surface area contributed by atoms with Crippen LogP contribution in [0.5, 0.6) is 0 Å². The van der Waals surface area contributed by atoms with E-state index >= 15 is 0 Å². The lowest BCUT2D eigenvalue weighted by Crippen LogP contribution is -2.39. The number of likely N-dealkylation sites (tertiary alicyclic amines) is 1. The first-order valence-corrected chi connectivity index (χ1v) is 9.83. The van der Waals surface area contributed by atoms with Gasteiger partial charge in [0.1, 0.15) is 0 Å². The fraction of sp³-hybridized carbons (Fsp3) is 0.348. The highest BCUT2D eigenvalue weighted by Gasteiger charge is 2.27. The molecule has 0 N–H and O–H groups in total. The van der Waals surface area contributed by atoms with Crippen molar-refractivity contribution < 1.29 is 9.32 Å². The third-order valence-corrected chi connectivity index (χ3v) is 5.63. The second-order valence-corrected chi connectivity index (χ2v) is 7.53. The van der Waals surface area contributed by atoms with E-state index in [1.54, 1.807) is 0 Å². The molecule has 1 saturated heterocycles. The number of aryl methyl sites for hydroxylation is 2. The SMILES string of the molecule is Cc1ccccc1CC(=O)N1CCC(c2noc(-c3ccccc3C)n2)CC1. The Bertz CT molecular complexity index is 971. The van der Waals surface area contributed by atoms with E-state index in [4.69, 9.17) is 4.52 Å². The molecule has 0 atom stereocenters. The second-order valence-electron chi connectivity index (χ2n) is 7.53. The predicted molar refractivity (Wildman–Crippen MR) is 108 cm³/mol. The molecule has 3 aromatic rings. The lowest BCUT2D eigenvalue weighted by atomic mass is 9.95. The van der Waals surface area contributed by atoms with Crippen molar-refractivity contribution in [2.75, 3.05) is 13.1 Å². The number of amides is 1. The summed E-state index contributed by atoms with van der Waals surface area (Å²) in [5.41, 5.74) is 4.37. The summed E-state index contributed by atoms with van der Waals surface area (Å²) in [6, 6.07) is 16.1. The van der Waals surface area contributed by atoms with Crippen molar-refractivity contribution in [2.24, 2.45) is 0 Å². The molecule has 2 aromatic carbocycles. The van der Waals surface area contributed by atoms with Gasteiger partial charge in [0.2, 0.25) is 5.91 Å². The maximum Gasteiger partial charge on any atom is 0.258 e. The monoisotopic (exact) mass is 375 g/mol. The Morgan fingerprint density at radius 3 is 2.43 bits per heavy atom. The smallest absolute Gasteiger partial charge is 0.258 e. The second kappa shape index (κ2) is 7.97. The molecular weight excluding hydrogens is 350 g/mol. The van der Waals surface area contributed by atoms with Gasteiger partial charge in [-0.2, -0.15) is 4.98 Å². The summed E-state index contributed by atoms with van der Waals surface area (Å²) in [6.07, 6.45) is 2.20. The lowest BCUT2D eigenvalue weighted by Gasteiger charge is -2.30. The molecule has 2 heterocycles. The standard InChI is InChI=1S/C23H25N3O2/c1-16-7-3-5-9-19(16)15-21(27)26-13-11-18(12-14-26)22-24-23(28-25-22)20-10-6-4-8-17(20)2/h3-10,18H,11-15H2,1-2H3. The summed E-state index contributed by atoms with van der Waals surface area (Å²) in [4.78, 5) is 19.3. The molecule has 4 rings (SSSR count).